The van der Waals surface area contributed by atoms with Crippen molar-refractivity contribution in [2.75, 3.05) is 13.7 Å². The number of aryl methyl sites for hydroxylation is 1. The maximum absolute atomic E-state index is 11.8. The summed E-state index contributed by atoms with van der Waals surface area (Å²) in [6.07, 6.45) is 0. The first kappa shape index (κ1) is 15.2. The highest BCUT2D eigenvalue weighted by atomic mass is 16.5. The van der Waals surface area contributed by atoms with E-state index in [0.29, 0.717) is 6.54 Å². The first-order chi connectivity index (χ1) is 8.88. The van der Waals surface area contributed by atoms with Crippen molar-refractivity contribution >= 4 is 11.9 Å². The van der Waals surface area contributed by atoms with Crippen molar-refractivity contribution in [1.29, 1.82) is 0 Å². The second-order valence-corrected chi connectivity index (χ2v) is 4.67. The van der Waals surface area contributed by atoms with E-state index in [1.165, 1.54) is 16.0 Å². The van der Waals surface area contributed by atoms with E-state index in [9.17, 15) is 9.59 Å². The second kappa shape index (κ2) is 6.36. The minimum atomic E-state index is -0.800. The Morgan fingerprint density at radius 2 is 1.79 bits per heavy atom. The van der Waals surface area contributed by atoms with Gasteiger partial charge in [-0.2, -0.15) is 0 Å². The van der Waals surface area contributed by atoms with Crippen LogP contribution in [0.4, 0.5) is 0 Å². The summed E-state index contributed by atoms with van der Waals surface area (Å²) in [6.45, 7) is 8.44. The van der Waals surface area contributed by atoms with Crippen LogP contribution in [-0.4, -0.2) is 30.4 Å². The lowest BCUT2D eigenvalue weighted by Gasteiger charge is -2.19. The van der Waals surface area contributed by atoms with E-state index in [0.717, 1.165) is 11.1 Å². The fourth-order valence-corrected chi connectivity index (χ4v) is 1.86. The van der Waals surface area contributed by atoms with Crippen LogP contribution in [0.15, 0.2) is 12.1 Å². The smallest absolute Gasteiger partial charge is 0.397 e. The molecule has 1 rings (SSSR count). The number of amides is 1. The molecule has 4 nitrogen and oxygen atoms in total. The zero-order chi connectivity index (χ0) is 14.6. The van der Waals surface area contributed by atoms with Gasteiger partial charge in [-0.15, -0.1) is 0 Å². The number of carbonyl (C=O) groups excluding carboxylic acids is 2. The zero-order valence-corrected chi connectivity index (χ0v) is 12.2. The molecule has 0 unspecified atom stereocenters. The van der Waals surface area contributed by atoms with Gasteiger partial charge in [0.05, 0.1) is 6.61 Å². The van der Waals surface area contributed by atoms with Gasteiger partial charge in [0.1, 0.15) is 0 Å². The van der Waals surface area contributed by atoms with Crippen LogP contribution >= 0.6 is 0 Å². The molecule has 4 heteroatoms. The number of carbonyl (C=O) groups is 2. The van der Waals surface area contributed by atoms with E-state index < -0.39 is 11.9 Å². The number of esters is 1. The summed E-state index contributed by atoms with van der Waals surface area (Å²) in [5.41, 5.74) is 4.64. The Kier molecular flexibility index (Phi) is 5.10. The van der Waals surface area contributed by atoms with Crippen molar-refractivity contribution in [3.8, 4) is 0 Å². The largest absolute Gasteiger partial charge is 0.459 e. The van der Waals surface area contributed by atoms with Crippen molar-refractivity contribution in [2.45, 2.75) is 34.2 Å². The third kappa shape index (κ3) is 3.56. The van der Waals surface area contributed by atoms with Crippen LogP contribution < -0.4 is 0 Å². The predicted molar refractivity (Wildman–Crippen MR) is 73.8 cm³/mol. The van der Waals surface area contributed by atoms with E-state index in [4.69, 9.17) is 4.74 Å². The Morgan fingerprint density at radius 3 is 2.37 bits per heavy atom. The highest BCUT2D eigenvalue weighted by Crippen LogP contribution is 2.18. The number of ether oxygens (including phenoxy) is 1. The fourth-order valence-electron chi connectivity index (χ4n) is 1.86. The van der Waals surface area contributed by atoms with Crippen LogP contribution in [0.3, 0.4) is 0 Å². The van der Waals surface area contributed by atoms with Gasteiger partial charge in [0.15, 0.2) is 0 Å². The lowest BCUT2D eigenvalue weighted by molar-refractivity contribution is -0.159. The molecule has 0 aromatic heterocycles. The van der Waals surface area contributed by atoms with Crippen molar-refractivity contribution in [2.24, 2.45) is 0 Å². The first-order valence-corrected chi connectivity index (χ1v) is 6.36. The summed E-state index contributed by atoms with van der Waals surface area (Å²) in [7, 11) is 1.61. The zero-order valence-electron chi connectivity index (χ0n) is 12.2. The third-order valence-electron chi connectivity index (χ3n) is 3.37. The minimum absolute atomic E-state index is 0.209. The number of rotatable bonds is 3. The van der Waals surface area contributed by atoms with Gasteiger partial charge in [-0.05, 0) is 49.9 Å². The molecule has 1 aromatic carbocycles. The molecule has 0 aliphatic heterocycles. The topological polar surface area (TPSA) is 46.6 Å². The molecule has 0 saturated heterocycles. The monoisotopic (exact) mass is 263 g/mol. The molecule has 0 N–H and O–H groups in total. The molecule has 0 bridgehead atoms. The molecule has 0 atom stereocenters. The lowest BCUT2D eigenvalue weighted by atomic mass is 9.98. The molecule has 0 fully saturated rings. The number of hydrogen-bond donors (Lipinski definition) is 0. The summed E-state index contributed by atoms with van der Waals surface area (Å²) in [4.78, 5) is 24.5. The summed E-state index contributed by atoms with van der Waals surface area (Å²) in [5.74, 6) is -1.41. The molecule has 0 spiro atoms. The highest BCUT2D eigenvalue weighted by Gasteiger charge is 2.20. The number of nitrogens with zero attached hydrogens (tertiary/aromatic N) is 1. The van der Waals surface area contributed by atoms with Crippen molar-refractivity contribution in [3.63, 3.8) is 0 Å². The van der Waals surface area contributed by atoms with Crippen LogP contribution in [0.5, 0.6) is 0 Å². The maximum Gasteiger partial charge on any atom is 0.397 e. The van der Waals surface area contributed by atoms with Gasteiger partial charge in [0, 0.05) is 13.6 Å². The van der Waals surface area contributed by atoms with Crippen molar-refractivity contribution < 1.29 is 14.3 Å². The van der Waals surface area contributed by atoms with Gasteiger partial charge >= 0.3 is 11.9 Å². The van der Waals surface area contributed by atoms with Crippen LogP contribution in [0, 0.1) is 20.8 Å². The number of likely N-dealkylation sites (N-methyl/N-ethyl adjacent to an activating group) is 1. The van der Waals surface area contributed by atoms with Gasteiger partial charge in [0.25, 0.3) is 0 Å². The van der Waals surface area contributed by atoms with Crippen LogP contribution in [0.25, 0.3) is 0 Å². The molecule has 0 aliphatic carbocycles. The highest BCUT2D eigenvalue weighted by molar-refractivity contribution is 6.32. The van der Waals surface area contributed by atoms with Crippen molar-refractivity contribution in [1.82, 2.24) is 4.90 Å². The van der Waals surface area contributed by atoms with Crippen LogP contribution in [0.1, 0.15) is 29.2 Å². The van der Waals surface area contributed by atoms with E-state index in [2.05, 4.69) is 13.8 Å². The number of hydrogen-bond acceptors (Lipinski definition) is 3. The van der Waals surface area contributed by atoms with Crippen LogP contribution in [0.2, 0.25) is 0 Å². The average molecular weight is 263 g/mol. The summed E-state index contributed by atoms with van der Waals surface area (Å²) in [6, 6.07) is 4.02. The van der Waals surface area contributed by atoms with Gasteiger partial charge in [-0.1, -0.05) is 12.1 Å². The number of benzene rings is 1. The van der Waals surface area contributed by atoms with E-state index in [-0.39, 0.29) is 6.61 Å². The molecule has 1 amide bonds. The maximum atomic E-state index is 11.8. The molecule has 0 radical (unpaired) electrons. The Morgan fingerprint density at radius 1 is 1.16 bits per heavy atom. The second-order valence-electron chi connectivity index (χ2n) is 4.67. The minimum Gasteiger partial charge on any atom is -0.459 e. The summed E-state index contributed by atoms with van der Waals surface area (Å²) in [5, 5.41) is 0. The van der Waals surface area contributed by atoms with E-state index in [1.807, 2.05) is 19.1 Å². The van der Waals surface area contributed by atoms with Gasteiger partial charge in [-0.3, -0.25) is 4.79 Å². The third-order valence-corrected chi connectivity index (χ3v) is 3.37. The molecular weight excluding hydrogens is 242 g/mol. The fraction of sp³-hybridized carbons (Fsp3) is 0.467. The Labute approximate surface area is 114 Å². The van der Waals surface area contributed by atoms with Gasteiger partial charge < -0.3 is 9.64 Å². The van der Waals surface area contributed by atoms with E-state index >= 15 is 0 Å². The molecular formula is C15H21NO3. The normalized spacial score (nSPS) is 10.2. The Hall–Kier alpha value is -1.84. The average Bonchev–Trinajstić information content (AvgIpc) is 2.38. The Balaban J connectivity index is 2.83. The van der Waals surface area contributed by atoms with Crippen LogP contribution in [-0.2, 0) is 20.9 Å². The molecule has 0 saturated carbocycles. The molecule has 104 valence electrons. The van der Waals surface area contributed by atoms with E-state index in [1.54, 1.807) is 14.0 Å². The predicted octanol–water partition coefficient (Wildman–Crippen LogP) is 2.13. The van der Waals surface area contributed by atoms with Gasteiger partial charge in [-0.25, -0.2) is 4.79 Å². The van der Waals surface area contributed by atoms with Crippen molar-refractivity contribution in [3.05, 3.63) is 34.4 Å². The SMILES string of the molecule is CCOC(=O)C(=O)N(C)Cc1ccc(C)c(C)c1C. The molecule has 19 heavy (non-hydrogen) atoms. The van der Waals surface area contributed by atoms with Gasteiger partial charge in [0.2, 0.25) is 0 Å². The molecule has 1 aromatic rings. The lowest BCUT2D eigenvalue weighted by Crippen LogP contribution is -2.34. The molecule has 0 heterocycles. The first-order valence-electron chi connectivity index (χ1n) is 6.36. The summed E-state index contributed by atoms with van der Waals surface area (Å²) < 4.78 is 4.71. The quantitative estimate of drug-likeness (QED) is 0.620. The summed E-state index contributed by atoms with van der Waals surface area (Å²) >= 11 is 0. The standard InChI is InChI=1S/C15H21NO3/c1-6-19-15(18)14(17)16(5)9-13-8-7-10(2)11(3)12(13)4/h7-8H,6,9H2,1-5H3. The molecule has 0 aliphatic rings. The Bertz CT molecular complexity index is 494.